The standard InChI is InChI=1S/C23H24N2O5/c1-5-29-20-11-10-16(13-21(20)28-4)12-19-15(3)24-25(22(19)26)18-9-7-8-17(14-18)23(27)30-6-2/h7-14H,5-6H2,1-4H3/b19-12-. The van der Waals surface area contributed by atoms with Gasteiger partial charge >= 0.3 is 5.97 Å². The predicted molar refractivity (Wildman–Crippen MR) is 115 cm³/mol. The zero-order chi connectivity index (χ0) is 21.7. The van der Waals surface area contributed by atoms with Gasteiger partial charge in [0.25, 0.3) is 5.91 Å². The molecule has 0 aromatic heterocycles. The van der Waals surface area contributed by atoms with Gasteiger partial charge in [-0.1, -0.05) is 12.1 Å². The summed E-state index contributed by atoms with van der Waals surface area (Å²) in [4.78, 5) is 25.0. The Labute approximate surface area is 175 Å². The van der Waals surface area contributed by atoms with Crippen LogP contribution in [-0.4, -0.2) is 37.9 Å². The lowest BCUT2D eigenvalue weighted by Crippen LogP contribution is -2.21. The summed E-state index contributed by atoms with van der Waals surface area (Å²) in [6.07, 6.45) is 1.76. The van der Waals surface area contributed by atoms with Crippen LogP contribution < -0.4 is 14.5 Å². The highest BCUT2D eigenvalue weighted by molar-refractivity contribution is 6.32. The molecule has 7 nitrogen and oxygen atoms in total. The van der Waals surface area contributed by atoms with Crippen molar-refractivity contribution < 1.29 is 23.8 Å². The number of hydrogen-bond acceptors (Lipinski definition) is 6. The van der Waals surface area contributed by atoms with E-state index in [-0.39, 0.29) is 12.5 Å². The Hall–Kier alpha value is -3.61. The van der Waals surface area contributed by atoms with E-state index >= 15 is 0 Å². The second kappa shape index (κ2) is 9.26. The highest BCUT2D eigenvalue weighted by Gasteiger charge is 2.29. The van der Waals surface area contributed by atoms with Crippen molar-refractivity contribution in [2.75, 3.05) is 25.3 Å². The second-order valence-corrected chi connectivity index (χ2v) is 6.47. The van der Waals surface area contributed by atoms with E-state index in [0.717, 1.165) is 5.56 Å². The molecular formula is C23H24N2O5. The summed E-state index contributed by atoms with van der Waals surface area (Å²) in [6.45, 7) is 6.22. The summed E-state index contributed by atoms with van der Waals surface area (Å²) < 4.78 is 15.9. The summed E-state index contributed by atoms with van der Waals surface area (Å²) >= 11 is 0. The molecule has 2 aromatic rings. The maximum Gasteiger partial charge on any atom is 0.338 e. The van der Waals surface area contributed by atoms with Crippen LogP contribution in [0.3, 0.4) is 0 Å². The van der Waals surface area contributed by atoms with Crippen molar-refractivity contribution in [1.82, 2.24) is 0 Å². The van der Waals surface area contributed by atoms with E-state index < -0.39 is 5.97 Å². The minimum atomic E-state index is -0.441. The van der Waals surface area contributed by atoms with Crippen molar-refractivity contribution in [3.8, 4) is 11.5 Å². The first-order chi connectivity index (χ1) is 14.5. The van der Waals surface area contributed by atoms with Crippen molar-refractivity contribution in [3.05, 3.63) is 59.2 Å². The number of carbonyl (C=O) groups excluding carboxylic acids is 2. The molecule has 0 bridgehead atoms. The highest BCUT2D eigenvalue weighted by atomic mass is 16.5. The van der Waals surface area contributed by atoms with Crippen LogP contribution in [0.1, 0.15) is 36.7 Å². The van der Waals surface area contributed by atoms with E-state index in [1.165, 1.54) is 5.01 Å². The Morgan fingerprint density at radius 1 is 1.10 bits per heavy atom. The van der Waals surface area contributed by atoms with Crippen molar-refractivity contribution in [2.45, 2.75) is 20.8 Å². The topological polar surface area (TPSA) is 77.4 Å². The Balaban J connectivity index is 1.89. The number of hydrogen-bond donors (Lipinski definition) is 0. The van der Waals surface area contributed by atoms with Gasteiger partial charge in [-0.05, 0) is 62.7 Å². The summed E-state index contributed by atoms with van der Waals surface area (Å²) in [7, 11) is 1.57. The SMILES string of the molecule is CCOC(=O)c1cccc(N2N=C(C)/C(=C/c3ccc(OCC)c(OC)c3)C2=O)c1. The van der Waals surface area contributed by atoms with Crippen molar-refractivity contribution in [2.24, 2.45) is 5.10 Å². The van der Waals surface area contributed by atoms with Gasteiger partial charge in [-0.3, -0.25) is 4.79 Å². The Morgan fingerprint density at radius 3 is 2.60 bits per heavy atom. The van der Waals surface area contributed by atoms with E-state index in [0.29, 0.717) is 40.6 Å². The molecule has 1 heterocycles. The first-order valence-corrected chi connectivity index (χ1v) is 9.68. The van der Waals surface area contributed by atoms with E-state index in [4.69, 9.17) is 14.2 Å². The zero-order valence-electron chi connectivity index (χ0n) is 17.5. The van der Waals surface area contributed by atoms with Crippen LogP contribution >= 0.6 is 0 Å². The molecule has 1 aliphatic heterocycles. The van der Waals surface area contributed by atoms with Crippen LogP contribution in [0.15, 0.2) is 53.1 Å². The van der Waals surface area contributed by atoms with Crippen LogP contribution in [0.2, 0.25) is 0 Å². The number of amides is 1. The third kappa shape index (κ3) is 4.35. The molecule has 0 spiro atoms. The molecule has 0 fully saturated rings. The number of methoxy groups -OCH3 is 1. The van der Waals surface area contributed by atoms with Gasteiger partial charge in [0.1, 0.15) is 0 Å². The molecule has 0 saturated carbocycles. The molecule has 0 aliphatic carbocycles. The number of anilines is 1. The summed E-state index contributed by atoms with van der Waals surface area (Å²) in [5.41, 5.74) is 2.69. The maximum absolute atomic E-state index is 13.0. The normalized spacial score (nSPS) is 14.7. The van der Waals surface area contributed by atoms with Crippen LogP contribution in [0.25, 0.3) is 6.08 Å². The number of carbonyl (C=O) groups is 2. The Kier molecular flexibility index (Phi) is 6.51. The van der Waals surface area contributed by atoms with Crippen molar-refractivity contribution in [1.29, 1.82) is 0 Å². The van der Waals surface area contributed by atoms with Gasteiger partial charge in [0, 0.05) is 0 Å². The first kappa shape index (κ1) is 21.1. The van der Waals surface area contributed by atoms with Gasteiger partial charge in [-0.2, -0.15) is 10.1 Å². The lowest BCUT2D eigenvalue weighted by atomic mass is 10.1. The minimum Gasteiger partial charge on any atom is -0.493 e. The molecule has 30 heavy (non-hydrogen) atoms. The number of hydrazone groups is 1. The number of benzene rings is 2. The van der Waals surface area contributed by atoms with E-state index in [9.17, 15) is 9.59 Å². The summed E-state index contributed by atoms with van der Waals surface area (Å²) in [5.74, 6) is 0.512. The number of ether oxygens (including phenoxy) is 3. The minimum absolute atomic E-state index is 0.277. The average Bonchev–Trinajstić information content (AvgIpc) is 3.03. The van der Waals surface area contributed by atoms with Gasteiger partial charge in [0.05, 0.1) is 42.9 Å². The van der Waals surface area contributed by atoms with Crippen molar-refractivity contribution >= 4 is 29.4 Å². The molecule has 3 rings (SSSR count). The zero-order valence-corrected chi connectivity index (χ0v) is 17.5. The largest absolute Gasteiger partial charge is 0.493 e. The second-order valence-electron chi connectivity index (χ2n) is 6.47. The third-order valence-corrected chi connectivity index (χ3v) is 4.46. The van der Waals surface area contributed by atoms with Crippen LogP contribution in [0, 0.1) is 0 Å². The van der Waals surface area contributed by atoms with Gasteiger partial charge in [0.15, 0.2) is 11.5 Å². The quantitative estimate of drug-likeness (QED) is 0.510. The number of rotatable bonds is 7. The molecule has 0 N–H and O–H groups in total. The highest BCUT2D eigenvalue weighted by Crippen LogP contribution is 2.30. The molecule has 156 valence electrons. The lowest BCUT2D eigenvalue weighted by molar-refractivity contribution is -0.114. The van der Waals surface area contributed by atoms with E-state index in [2.05, 4.69) is 5.10 Å². The first-order valence-electron chi connectivity index (χ1n) is 9.68. The monoisotopic (exact) mass is 408 g/mol. The molecule has 0 atom stereocenters. The van der Waals surface area contributed by atoms with Gasteiger partial charge in [-0.15, -0.1) is 0 Å². The van der Waals surface area contributed by atoms with Gasteiger partial charge < -0.3 is 14.2 Å². The third-order valence-electron chi connectivity index (χ3n) is 4.46. The predicted octanol–water partition coefficient (Wildman–Crippen LogP) is 4.08. The van der Waals surface area contributed by atoms with E-state index in [1.54, 1.807) is 57.4 Å². The smallest absolute Gasteiger partial charge is 0.338 e. The van der Waals surface area contributed by atoms with Crippen molar-refractivity contribution in [3.63, 3.8) is 0 Å². The molecule has 0 saturated heterocycles. The van der Waals surface area contributed by atoms with Gasteiger partial charge in [-0.25, -0.2) is 4.79 Å². The molecule has 1 aliphatic rings. The van der Waals surface area contributed by atoms with Gasteiger partial charge in [0.2, 0.25) is 0 Å². The summed E-state index contributed by atoms with van der Waals surface area (Å²) in [5, 5.41) is 5.66. The molecule has 0 radical (unpaired) electrons. The van der Waals surface area contributed by atoms with Crippen LogP contribution in [-0.2, 0) is 9.53 Å². The van der Waals surface area contributed by atoms with Crippen LogP contribution in [0.4, 0.5) is 5.69 Å². The van der Waals surface area contributed by atoms with E-state index in [1.807, 2.05) is 19.1 Å². The fraction of sp³-hybridized carbons (Fsp3) is 0.261. The molecule has 2 aromatic carbocycles. The molecular weight excluding hydrogens is 384 g/mol. The molecule has 0 unspecified atom stereocenters. The molecule has 1 amide bonds. The summed E-state index contributed by atoms with van der Waals surface area (Å²) in [6, 6.07) is 12.1. The number of esters is 1. The Bertz CT molecular complexity index is 1030. The Morgan fingerprint density at radius 2 is 1.90 bits per heavy atom. The fourth-order valence-electron chi connectivity index (χ4n) is 3.05. The lowest BCUT2D eigenvalue weighted by Gasteiger charge is -2.13. The molecule has 7 heteroatoms. The van der Waals surface area contributed by atoms with Crippen LogP contribution in [0.5, 0.6) is 11.5 Å². The average molecular weight is 408 g/mol. The fourth-order valence-corrected chi connectivity index (χ4v) is 3.05. The maximum atomic E-state index is 13.0. The number of nitrogens with zero attached hydrogens (tertiary/aromatic N) is 2.